The number of rotatable bonds is 5. The number of nitrogens with zero attached hydrogens (tertiary/aromatic N) is 1. The number of thiazole rings is 1. The van der Waals surface area contributed by atoms with Crippen LogP contribution in [0.4, 0.5) is 4.39 Å². The molecule has 0 unspecified atom stereocenters. The van der Waals surface area contributed by atoms with Gasteiger partial charge < -0.3 is 10.4 Å². The van der Waals surface area contributed by atoms with Crippen LogP contribution in [-0.4, -0.2) is 39.0 Å². The van der Waals surface area contributed by atoms with Gasteiger partial charge in [0.25, 0.3) is 5.91 Å². The summed E-state index contributed by atoms with van der Waals surface area (Å²) in [6.07, 6.45) is 1.33. The van der Waals surface area contributed by atoms with Crippen LogP contribution in [0.25, 0.3) is 0 Å². The number of nitrogens with one attached hydrogen (secondary N) is 1. The van der Waals surface area contributed by atoms with E-state index in [-0.39, 0.29) is 11.7 Å². The van der Waals surface area contributed by atoms with E-state index in [2.05, 4.69) is 10.3 Å². The van der Waals surface area contributed by atoms with Crippen LogP contribution < -0.4 is 5.32 Å². The third kappa shape index (κ3) is 4.07. The lowest BCUT2D eigenvalue weighted by Crippen LogP contribution is -2.56. The highest BCUT2D eigenvalue weighted by molar-refractivity contribution is 7.99. The number of carbonyl (C=O) groups is 2. The van der Waals surface area contributed by atoms with E-state index in [0.717, 1.165) is 10.6 Å². The molecular weight excluding hydrogens is 375 g/mol. The first-order chi connectivity index (χ1) is 12.4. The molecule has 1 saturated heterocycles. The van der Waals surface area contributed by atoms with Gasteiger partial charge in [0.1, 0.15) is 16.2 Å². The average molecular weight is 394 g/mol. The number of aliphatic carboxylic acids is 1. The number of benzene rings is 1. The van der Waals surface area contributed by atoms with Crippen molar-refractivity contribution in [2.24, 2.45) is 0 Å². The molecule has 138 valence electrons. The zero-order chi connectivity index (χ0) is 18.7. The van der Waals surface area contributed by atoms with Gasteiger partial charge in [0.2, 0.25) is 0 Å². The van der Waals surface area contributed by atoms with Crippen LogP contribution >= 0.6 is 23.1 Å². The smallest absolute Gasteiger partial charge is 0.329 e. The molecule has 1 fully saturated rings. The molecule has 5 nitrogen and oxygen atoms in total. The molecule has 1 amide bonds. The van der Waals surface area contributed by atoms with Gasteiger partial charge >= 0.3 is 5.97 Å². The highest BCUT2D eigenvalue weighted by Crippen LogP contribution is 2.29. The van der Waals surface area contributed by atoms with Crippen molar-refractivity contribution >= 4 is 35.0 Å². The van der Waals surface area contributed by atoms with Crippen molar-refractivity contribution in [3.63, 3.8) is 0 Å². The maximum Gasteiger partial charge on any atom is 0.329 e. The molecule has 0 saturated carbocycles. The van der Waals surface area contributed by atoms with Crippen molar-refractivity contribution in [2.45, 2.75) is 31.7 Å². The summed E-state index contributed by atoms with van der Waals surface area (Å²) in [6, 6.07) is 6.15. The van der Waals surface area contributed by atoms with Crippen molar-refractivity contribution in [1.29, 1.82) is 0 Å². The molecule has 1 aromatic heterocycles. The van der Waals surface area contributed by atoms with Gasteiger partial charge in [0.15, 0.2) is 0 Å². The summed E-state index contributed by atoms with van der Waals surface area (Å²) in [7, 11) is 0. The number of carbonyl (C=O) groups excluding carboxylic acids is 1. The van der Waals surface area contributed by atoms with Gasteiger partial charge in [-0.3, -0.25) is 4.79 Å². The quantitative estimate of drug-likeness (QED) is 0.814. The van der Waals surface area contributed by atoms with Crippen LogP contribution in [0.15, 0.2) is 24.3 Å². The van der Waals surface area contributed by atoms with Crippen molar-refractivity contribution in [2.75, 3.05) is 11.5 Å². The number of aromatic nitrogens is 1. The first-order valence-corrected chi connectivity index (χ1v) is 10.2. The monoisotopic (exact) mass is 394 g/mol. The van der Waals surface area contributed by atoms with Gasteiger partial charge in [-0.1, -0.05) is 12.1 Å². The Hall–Kier alpha value is -1.93. The number of thioether (sulfide) groups is 1. The third-order valence-electron chi connectivity index (χ3n) is 4.42. The first-order valence-electron chi connectivity index (χ1n) is 8.24. The van der Waals surface area contributed by atoms with Crippen LogP contribution in [0.5, 0.6) is 0 Å². The number of halogens is 1. The van der Waals surface area contributed by atoms with Crippen molar-refractivity contribution < 1.29 is 19.1 Å². The molecular formula is C18H19FN2O3S2. The highest BCUT2D eigenvalue weighted by atomic mass is 32.2. The van der Waals surface area contributed by atoms with E-state index in [1.165, 1.54) is 23.5 Å². The fourth-order valence-corrected chi connectivity index (χ4v) is 5.09. The summed E-state index contributed by atoms with van der Waals surface area (Å²) in [5.41, 5.74) is 0.282. The largest absolute Gasteiger partial charge is 0.480 e. The van der Waals surface area contributed by atoms with E-state index in [0.29, 0.717) is 41.3 Å². The van der Waals surface area contributed by atoms with E-state index < -0.39 is 11.5 Å². The molecule has 1 aliphatic rings. The minimum absolute atomic E-state index is 0.297. The van der Waals surface area contributed by atoms with Gasteiger partial charge in [-0.2, -0.15) is 11.8 Å². The second kappa shape index (κ2) is 7.75. The summed E-state index contributed by atoms with van der Waals surface area (Å²) in [6.45, 7) is 1.74. The predicted molar refractivity (Wildman–Crippen MR) is 100 cm³/mol. The second-order valence-electron chi connectivity index (χ2n) is 6.28. The van der Waals surface area contributed by atoms with Crippen molar-refractivity contribution in [3.05, 3.63) is 51.2 Å². The van der Waals surface area contributed by atoms with E-state index >= 15 is 0 Å². The molecule has 1 aliphatic heterocycles. The third-order valence-corrected chi connectivity index (χ3v) is 6.57. The number of carboxylic acids is 1. The summed E-state index contributed by atoms with van der Waals surface area (Å²) in [5.74, 6) is -0.248. The molecule has 3 rings (SSSR count). The molecule has 2 heterocycles. The maximum absolute atomic E-state index is 13.0. The summed E-state index contributed by atoms with van der Waals surface area (Å²) >= 11 is 2.95. The van der Waals surface area contributed by atoms with Crippen LogP contribution in [0, 0.1) is 12.7 Å². The molecule has 0 aliphatic carbocycles. The number of amides is 1. The minimum atomic E-state index is -1.20. The minimum Gasteiger partial charge on any atom is -0.480 e. The Bertz CT molecular complexity index is 814. The highest BCUT2D eigenvalue weighted by Gasteiger charge is 2.41. The zero-order valence-corrected chi connectivity index (χ0v) is 15.9. The van der Waals surface area contributed by atoms with E-state index in [1.54, 1.807) is 30.8 Å². The van der Waals surface area contributed by atoms with Gasteiger partial charge in [-0.15, -0.1) is 11.3 Å². The molecule has 0 bridgehead atoms. The molecule has 1 aromatic carbocycles. The lowest BCUT2D eigenvalue weighted by Gasteiger charge is -2.33. The average Bonchev–Trinajstić information content (AvgIpc) is 2.98. The van der Waals surface area contributed by atoms with Crippen molar-refractivity contribution in [3.8, 4) is 0 Å². The molecule has 0 spiro atoms. The summed E-state index contributed by atoms with van der Waals surface area (Å²) < 4.78 is 13.0. The Morgan fingerprint density at radius 3 is 2.54 bits per heavy atom. The molecule has 2 N–H and O–H groups in total. The van der Waals surface area contributed by atoms with Gasteiger partial charge in [0.05, 0.1) is 10.7 Å². The van der Waals surface area contributed by atoms with Crippen LogP contribution in [0.1, 0.15) is 38.8 Å². The molecule has 2 aromatic rings. The molecule has 8 heteroatoms. The van der Waals surface area contributed by atoms with Crippen molar-refractivity contribution in [1.82, 2.24) is 10.3 Å². The Morgan fingerprint density at radius 2 is 1.92 bits per heavy atom. The number of carboxylic acid groups (broad SMARTS) is 1. The Kier molecular flexibility index (Phi) is 5.62. The van der Waals surface area contributed by atoms with Gasteiger partial charge in [-0.05, 0) is 49.0 Å². The number of hydrogen-bond donors (Lipinski definition) is 2. The van der Waals surface area contributed by atoms with E-state index in [4.69, 9.17) is 0 Å². The fraction of sp³-hybridized carbons (Fsp3) is 0.389. The Balaban J connectivity index is 1.76. The lowest BCUT2D eigenvalue weighted by atomic mass is 9.92. The lowest BCUT2D eigenvalue weighted by molar-refractivity contribution is -0.144. The second-order valence-corrected chi connectivity index (χ2v) is 8.59. The van der Waals surface area contributed by atoms with Gasteiger partial charge in [-0.25, -0.2) is 14.2 Å². The number of aryl methyl sites for hydroxylation is 1. The Morgan fingerprint density at radius 1 is 1.27 bits per heavy atom. The van der Waals surface area contributed by atoms with Crippen LogP contribution in [-0.2, 0) is 11.2 Å². The molecule has 0 atom stereocenters. The van der Waals surface area contributed by atoms with Crippen LogP contribution in [0.2, 0.25) is 0 Å². The van der Waals surface area contributed by atoms with E-state index in [1.807, 2.05) is 0 Å². The first kappa shape index (κ1) is 18.8. The van der Waals surface area contributed by atoms with Gasteiger partial charge in [0, 0.05) is 6.42 Å². The zero-order valence-electron chi connectivity index (χ0n) is 14.3. The Labute approximate surface area is 159 Å². The summed E-state index contributed by atoms with van der Waals surface area (Å²) in [4.78, 5) is 29.3. The maximum atomic E-state index is 13.0. The predicted octanol–water partition coefficient (Wildman–Crippen LogP) is 3.26. The number of hydrogen-bond acceptors (Lipinski definition) is 5. The van der Waals surface area contributed by atoms with Crippen LogP contribution in [0.3, 0.4) is 0 Å². The summed E-state index contributed by atoms with van der Waals surface area (Å²) in [5, 5.41) is 13.1. The molecule has 0 radical (unpaired) electrons. The SMILES string of the molecule is Cc1nc(Cc2ccc(F)cc2)sc1C(=O)NC1(C(=O)O)CCSCC1. The topological polar surface area (TPSA) is 79.3 Å². The van der Waals surface area contributed by atoms with E-state index in [9.17, 15) is 19.1 Å². The normalized spacial score (nSPS) is 16.2. The standard InChI is InChI=1S/C18H19FN2O3S2/c1-11-15(16(22)21-18(17(23)24)6-8-25-9-7-18)26-14(20-11)10-12-2-4-13(19)5-3-12/h2-5H,6-10H2,1H3,(H,21,22)(H,23,24). The fourth-order valence-electron chi connectivity index (χ4n) is 2.90. The molecule has 26 heavy (non-hydrogen) atoms.